The molecular formula is C25H31N5O2. The summed E-state index contributed by atoms with van der Waals surface area (Å²) in [6.45, 7) is 10.1. The van der Waals surface area contributed by atoms with Crippen molar-refractivity contribution in [1.82, 2.24) is 9.78 Å². The van der Waals surface area contributed by atoms with Crippen molar-refractivity contribution < 1.29 is 5.11 Å². The summed E-state index contributed by atoms with van der Waals surface area (Å²) in [7, 11) is 0. The molecule has 3 aromatic rings. The molecule has 0 bridgehead atoms. The smallest absolute Gasteiger partial charge is 0.294 e. The van der Waals surface area contributed by atoms with Crippen LogP contribution in [0, 0.1) is 32.1 Å². The molecule has 2 N–H and O–H groups in total. The van der Waals surface area contributed by atoms with E-state index in [1.165, 1.54) is 21.4 Å². The monoisotopic (exact) mass is 433 g/mol. The molecule has 1 heterocycles. The van der Waals surface area contributed by atoms with Gasteiger partial charge in [0.05, 0.1) is 24.7 Å². The minimum atomic E-state index is -0.336. The van der Waals surface area contributed by atoms with E-state index in [0.717, 1.165) is 12.0 Å². The van der Waals surface area contributed by atoms with Gasteiger partial charge in [0.25, 0.3) is 5.56 Å². The van der Waals surface area contributed by atoms with Crippen molar-refractivity contribution in [2.24, 2.45) is 10.2 Å². The maximum absolute atomic E-state index is 12.4. The van der Waals surface area contributed by atoms with Crippen LogP contribution >= 0.6 is 0 Å². The quantitative estimate of drug-likeness (QED) is 0.450. The zero-order chi connectivity index (χ0) is 23.7. The summed E-state index contributed by atoms with van der Waals surface area (Å²) in [6.07, 6.45) is 1.70. The van der Waals surface area contributed by atoms with Gasteiger partial charge >= 0.3 is 0 Å². The van der Waals surface area contributed by atoms with Gasteiger partial charge in [-0.1, -0.05) is 49.7 Å². The van der Waals surface area contributed by atoms with Crippen molar-refractivity contribution in [3.05, 3.63) is 74.7 Å². The molecule has 2 aromatic carbocycles. The summed E-state index contributed by atoms with van der Waals surface area (Å²) in [6, 6.07) is 13.7. The summed E-state index contributed by atoms with van der Waals surface area (Å²) >= 11 is 0. The van der Waals surface area contributed by atoms with Gasteiger partial charge in [-0.25, -0.2) is 0 Å². The average molecular weight is 434 g/mol. The number of aryl methyl sites for hydroxylation is 6. The van der Waals surface area contributed by atoms with Gasteiger partial charge in [-0.05, 0) is 56.4 Å². The van der Waals surface area contributed by atoms with E-state index >= 15 is 0 Å². The molecule has 0 aliphatic heterocycles. The van der Waals surface area contributed by atoms with Crippen LogP contribution in [0.1, 0.15) is 48.2 Å². The Bertz CT molecular complexity index is 1180. The van der Waals surface area contributed by atoms with Gasteiger partial charge in [-0.15, -0.1) is 10.2 Å². The van der Waals surface area contributed by atoms with Crippen molar-refractivity contribution in [1.29, 1.82) is 5.26 Å². The lowest BCUT2D eigenvalue weighted by Crippen LogP contribution is -2.16. The van der Waals surface area contributed by atoms with Crippen LogP contribution in [-0.2, 0) is 19.4 Å². The number of nitriles is 1. The van der Waals surface area contributed by atoms with E-state index in [1.807, 2.05) is 32.0 Å². The summed E-state index contributed by atoms with van der Waals surface area (Å²) in [5, 5.41) is 30.4. The molecule has 7 heteroatoms. The fraction of sp³-hybridized carbons (Fsp3) is 0.360. The number of phenols is 1. The maximum Gasteiger partial charge on any atom is 0.294 e. The number of aromatic amines is 1. The molecule has 0 unspecified atom stereocenters. The second kappa shape index (κ2) is 11.7. The minimum Gasteiger partial charge on any atom is -0.505 e. The van der Waals surface area contributed by atoms with Gasteiger partial charge in [0.2, 0.25) is 0 Å². The Morgan fingerprint density at radius 2 is 1.78 bits per heavy atom. The fourth-order valence-corrected chi connectivity index (χ4v) is 3.33. The Kier molecular flexibility index (Phi) is 8.96. The first-order valence-corrected chi connectivity index (χ1v) is 10.9. The lowest BCUT2D eigenvalue weighted by Gasteiger charge is -2.09. The third kappa shape index (κ3) is 5.94. The first-order chi connectivity index (χ1) is 15.4. The van der Waals surface area contributed by atoms with E-state index in [-0.39, 0.29) is 30.0 Å². The first-order valence-electron chi connectivity index (χ1n) is 10.9. The molecule has 0 amide bonds. The van der Waals surface area contributed by atoms with Gasteiger partial charge in [-0.2, -0.15) is 5.26 Å². The summed E-state index contributed by atoms with van der Waals surface area (Å²) in [5.41, 5.74) is 5.19. The number of rotatable bonds is 7. The molecule has 0 saturated carbocycles. The number of nitrogens with zero attached hydrogens (tertiary/aromatic N) is 4. The minimum absolute atomic E-state index is 0.0737. The third-order valence-electron chi connectivity index (χ3n) is 5.08. The summed E-state index contributed by atoms with van der Waals surface area (Å²) in [5.74, 6) is 0.0737. The largest absolute Gasteiger partial charge is 0.505 e. The predicted molar refractivity (Wildman–Crippen MR) is 127 cm³/mol. The molecule has 32 heavy (non-hydrogen) atoms. The highest BCUT2D eigenvalue weighted by molar-refractivity contribution is 5.55. The van der Waals surface area contributed by atoms with Crippen LogP contribution in [0.2, 0.25) is 0 Å². The summed E-state index contributed by atoms with van der Waals surface area (Å²) < 4.78 is 1.34. The van der Waals surface area contributed by atoms with Gasteiger partial charge in [0.1, 0.15) is 11.4 Å². The molecule has 7 nitrogen and oxygen atoms in total. The molecular weight excluding hydrogens is 402 g/mol. The van der Waals surface area contributed by atoms with E-state index in [2.05, 4.69) is 47.4 Å². The molecule has 0 atom stereocenters. The number of hydrogen-bond acceptors (Lipinski definition) is 5. The highest BCUT2D eigenvalue weighted by Crippen LogP contribution is 2.32. The Morgan fingerprint density at radius 3 is 2.50 bits per heavy atom. The highest BCUT2D eigenvalue weighted by Gasteiger charge is 2.12. The molecule has 0 radical (unpaired) electrons. The molecule has 0 aliphatic carbocycles. The zero-order valence-corrected chi connectivity index (χ0v) is 19.4. The number of hydrogen-bond donors (Lipinski definition) is 2. The number of benzene rings is 2. The van der Waals surface area contributed by atoms with Crippen molar-refractivity contribution in [3.63, 3.8) is 0 Å². The van der Waals surface area contributed by atoms with Crippen LogP contribution in [0.5, 0.6) is 5.75 Å². The molecule has 0 fully saturated rings. The molecule has 0 spiro atoms. The Labute approximate surface area is 189 Å². The van der Waals surface area contributed by atoms with E-state index < -0.39 is 0 Å². The van der Waals surface area contributed by atoms with Crippen LogP contribution in [-0.4, -0.2) is 14.9 Å². The number of aromatic hydroxyl groups is 1. The van der Waals surface area contributed by atoms with Crippen molar-refractivity contribution >= 4 is 11.4 Å². The molecule has 0 aliphatic rings. The van der Waals surface area contributed by atoms with Gasteiger partial charge in [-0.3, -0.25) is 14.6 Å². The molecule has 1 aromatic heterocycles. The van der Waals surface area contributed by atoms with Gasteiger partial charge in [0.15, 0.2) is 5.69 Å². The van der Waals surface area contributed by atoms with Gasteiger partial charge < -0.3 is 5.11 Å². The van der Waals surface area contributed by atoms with E-state index in [9.17, 15) is 9.90 Å². The zero-order valence-electron chi connectivity index (χ0n) is 19.4. The normalized spacial score (nSPS) is 10.6. The number of azo groups is 1. The lowest BCUT2D eigenvalue weighted by atomic mass is 9.98. The average Bonchev–Trinajstić information content (AvgIpc) is 3.06. The fourth-order valence-electron chi connectivity index (χ4n) is 3.33. The van der Waals surface area contributed by atoms with Crippen LogP contribution in [0.4, 0.5) is 11.4 Å². The molecule has 0 saturated heterocycles. The number of phenolic OH excluding ortho intramolecular Hbond substituents is 1. The number of H-pyrrole nitrogens is 1. The number of para-hydroxylation sites is 1. The topological polar surface area (TPSA) is 107 Å². The van der Waals surface area contributed by atoms with Crippen LogP contribution in [0.25, 0.3) is 0 Å². The second-order valence-corrected chi connectivity index (χ2v) is 7.37. The molecule has 3 rings (SSSR count). The maximum atomic E-state index is 12.4. The van der Waals surface area contributed by atoms with Crippen molar-refractivity contribution in [2.45, 2.75) is 60.4 Å². The van der Waals surface area contributed by atoms with Crippen LogP contribution in [0.15, 0.2) is 51.4 Å². The van der Waals surface area contributed by atoms with Crippen LogP contribution < -0.4 is 5.56 Å². The number of nitrogens with one attached hydrogen (secondary N) is 1. The van der Waals surface area contributed by atoms with Gasteiger partial charge in [0, 0.05) is 0 Å². The molecule has 168 valence electrons. The Hall–Kier alpha value is -3.66. The van der Waals surface area contributed by atoms with Crippen LogP contribution in [0.3, 0.4) is 0 Å². The van der Waals surface area contributed by atoms with Crippen molar-refractivity contribution in [3.8, 4) is 11.8 Å². The Balaban J connectivity index is 0.00000176. The SMILES string of the molecule is CC.Cc1ccc(C)c(CCc2cccc(N=Nc3c(C)[nH]n(CCC#N)c3=O)c2O)c1. The second-order valence-electron chi connectivity index (χ2n) is 7.37. The standard InChI is InChI=1S/C23H25N5O2.C2H6/c1-15-8-9-16(2)19(14-15)11-10-18-6-4-7-20(22(18)29)25-26-21-17(3)27-28(23(21)30)13-5-12-24;1-2/h4,6-9,14,27,29H,5,10-11,13H2,1-3H3;1-2H3. The first kappa shape index (κ1) is 24.6. The lowest BCUT2D eigenvalue weighted by molar-refractivity contribution is 0.469. The van der Waals surface area contributed by atoms with E-state index in [0.29, 0.717) is 17.8 Å². The van der Waals surface area contributed by atoms with Crippen molar-refractivity contribution in [2.75, 3.05) is 0 Å². The van der Waals surface area contributed by atoms with E-state index in [1.54, 1.807) is 13.0 Å². The highest BCUT2D eigenvalue weighted by atomic mass is 16.3. The summed E-state index contributed by atoms with van der Waals surface area (Å²) in [4.78, 5) is 12.4. The predicted octanol–water partition coefficient (Wildman–Crippen LogP) is 5.95. The Morgan fingerprint density at radius 1 is 1.06 bits per heavy atom. The van der Waals surface area contributed by atoms with E-state index in [4.69, 9.17) is 5.26 Å². The number of aromatic nitrogens is 2. The third-order valence-corrected chi connectivity index (χ3v) is 5.08.